The first kappa shape index (κ1) is 20.7. The van der Waals surface area contributed by atoms with Crippen molar-refractivity contribution in [1.82, 2.24) is 10.3 Å². The summed E-state index contributed by atoms with van der Waals surface area (Å²) in [6.45, 7) is 3.13. The number of halogens is 2. The van der Waals surface area contributed by atoms with Gasteiger partial charge in [0.1, 0.15) is 11.6 Å². The molecule has 0 aromatic carbocycles. The average Bonchev–Trinajstić information content (AvgIpc) is 2.54. The second kappa shape index (κ2) is 9.84. The summed E-state index contributed by atoms with van der Waals surface area (Å²) in [7, 11) is 4.01. The van der Waals surface area contributed by atoms with Crippen molar-refractivity contribution in [3.05, 3.63) is 41.5 Å². The molecule has 1 heterocycles. The number of pyridine rings is 1. The van der Waals surface area contributed by atoms with E-state index in [0.717, 1.165) is 0 Å². The highest BCUT2D eigenvalue weighted by molar-refractivity contribution is 7.27. The van der Waals surface area contributed by atoms with Crippen molar-refractivity contribution in [2.45, 2.75) is 26.7 Å². The molecule has 1 amide bonds. The lowest BCUT2D eigenvalue weighted by molar-refractivity contribution is 0.0964. The molecule has 0 saturated carbocycles. The molecule has 0 spiro atoms. The summed E-state index contributed by atoms with van der Waals surface area (Å²) in [5.41, 5.74) is 6.34. The van der Waals surface area contributed by atoms with Crippen LogP contribution < -0.4 is 21.7 Å². The Hall–Kier alpha value is -2.34. The van der Waals surface area contributed by atoms with Crippen molar-refractivity contribution in [3.63, 3.8) is 0 Å². The molecule has 0 radical (unpaired) electrons. The van der Waals surface area contributed by atoms with Crippen LogP contribution in [-0.2, 0) is 0 Å². The second-order valence-electron chi connectivity index (χ2n) is 5.05. The van der Waals surface area contributed by atoms with Gasteiger partial charge in [0.2, 0.25) is 0 Å². The number of amides is 1. The molecule has 0 aliphatic heterocycles. The van der Waals surface area contributed by atoms with E-state index in [4.69, 9.17) is 5.73 Å². The summed E-state index contributed by atoms with van der Waals surface area (Å²) in [6.07, 6.45) is 2.74. The number of aliphatic imine (C=N–C) groups is 1. The molecule has 1 atom stereocenters. The van der Waals surface area contributed by atoms with Crippen LogP contribution >= 0.6 is 9.24 Å². The van der Waals surface area contributed by atoms with Crippen molar-refractivity contribution in [1.29, 1.82) is 0 Å². The maximum Gasteiger partial charge on any atom is 0.276 e. The number of anilines is 1. The molecular formula is C16H22F2N5OP. The topological polar surface area (TPSA) is 92.4 Å². The highest BCUT2D eigenvalue weighted by Crippen LogP contribution is 2.12. The van der Waals surface area contributed by atoms with Gasteiger partial charge in [0.05, 0.1) is 11.3 Å². The van der Waals surface area contributed by atoms with Gasteiger partial charge in [0.15, 0.2) is 0 Å². The van der Waals surface area contributed by atoms with Gasteiger partial charge in [-0.3, -0.25) is 4.79 Å². The van der Waals surface area contributed by atoms with E-state index in [1.54, 1.807) is 6.07 Å². The van der Waals surface area contributed by atoms with Crippen LogP contribution in [0.15, 0.2) is 40.9 Å². The van der Waals surface area contributed by atoms with Gasteiger partial charge in [-0.15, -0.1) is 9.24 Å². The molecule has 6 nitrogen and oxygen atoms in total. The number of allylic oxidation sites excluding steroid dienone is 2. The fourth-order valence-electron chi connectivity index (χ4n) is 1.82. The second-order valence-corrected chi connectivity index (χ2v) is 5.67. The molecule has 0 fully saturated rings. The highest BCUT2D eigenvalue weighted by Gasteiger charge is 2.10. The summed E-state index contributed by atoms with van der Waals surface area (Å²) < 4.78 is 25.0. The minimum absolute atomic E-state index is 0.0434. The number of aromatic nitrogens is 1. The van der Waals surface area contributed by atoms with Crippen molar-refractivity contribution in [2.24, 2.45) is 10.7 Å². The zero-order valence-electron chi connectivity index (χ0n) is 14.3. The van der Waals surface area contributed by atoms with E-state index in [2.05, 4.69) is 29.8 Å². The Labute approximate surface area is 147 Å². The van der Waals surface area contributed by atoms with Crippen molar-refractivity contribution < 1.29 is 13.6 Å². The smallest absolute Gasteiger partial charge is 0.276 e. The molecule has 136 valence electrons. The number of alkyl halides is 2. The number of rotatable bonds is 7. The lowest BCUT2D eigenvalue weighted by Gasteiger charge is -2.10. The van der Waals surface area contributed by atoms with Gasteiger partial charge in [-0.1, -0.05) is 13.0 Å². The zero-order valence-corrected chi connectivity index (χ0v) is 15.5. The normalized spacial score (nSPS) is 13.2. The molecule has 1 unspecified atom stereocenters. The fourth-order valence-corrected chi connectivity index (χ4v) is 2.19. The van der Waals surface area contributed by atoms with Crippen LogP contribution in [0.3, 0.4) is 0 Å². The summed E-state index contributed by atoms with van der Waals surface area (Å²) in [4.78, 5) is 19.5. The summed E-state index contributed by atoms with van der Waals surface area (Å²) >= 11 is 0. The number of nitrogens with two attached hydrogens (primary N) is 1. The van der Waals surface area contributed by atoms with E-state index < -0.39 is 6.43 Å². The standard InChI is InChI=1S/C16H22F2N5OP/c1-4-5-10(6-13(19)22-9(2)15(17)18)23-14-7-12(25)11(8-21-14)16(24)20-3/h5-8,15H,4,19,25H2,1-3H3,(H,20,24)(H,21,23)/b10-5-,13-6-,22-9+. The van der Waals surface area contributed by atoms with E-state index in [0.29, 0.717) is 28.8 Å². The van der Waals surface area contributed by atoms with Gasteiger partial charge < -0.3 is 16.4 Å². The molecule has 0 bridgehead atoms. The predicted octanol–water partition coefficient (Wildman–Crippen LogP) is 2.17. The largest absolute Gasteiger partial charge is 0.384 e. The fraction of sp³-hybridized carbons (Fsp3) is 0.312. The lowest BCUT2D eigenvalue weighted by Crippen LogP contribution is -2.23. The minimum atomic E-state index is -2.66. The van der Waals surface area contributed by atoms with Gasteiger partial charge >= 0.3 is 0 Å². The Morgan fingerprint density at radius 3 is 2.72 bits per heavy atom. The third kappa shape index (κ3) is 6.58. The van der Waals surface area contributed by atoms with E-state index in [1.165, 1.54) is 26.2 Å². The molecule has 25 heavy (non-hydrogen) atoms. The van der Waals surface area contributed by atoms with Gasteiger partial charge in [-0.05, 0) is 24.7 Å². The first-order valence-corrected chi connectivity index (χ1v) is 8.11. The van der Waals surface area contributed by atoms with E-state index in [1.807, 2.05) is 13.0 Å². The highest BCUT2D eigenvalue weighted by atomic mass is 31.0. The minimum Gasteiger partial charge on any atom is -0.384 e. The van der Waals surface area contributed by atoms with Crippen molar-refractivity contribution in [2.75, 3.05) is 12.4 Å². The summed E-state index contributed by atoms with van der Waals surface area (Å²) in [5.74, 6) is 0.198. The molecule has 0 aliphatic rings. The van der Waals surface area contributed by atoms with Crippen LogP contribution in [-0.4, -0.2) is 30.1 Å². The number of nitrogens with zero attached hydrogens (tertiary/aromatic N) is 2. The third-order valence-corrected chi connectivity index (χ3v) is 3.51. The Morgan fingerprint density at radius 2 is 2.20 bits per heavy atom. The first-order chi connectivity index (χ1) is 11.8. The number of carbonyl (C=O) groups is 1. The van der Waals surface area contributed by atoms with Crippen LogP contribution in [0.1, 0.15) is 30.6 Å². The van der Waals surface area contributed by atoms with Crippen molar-refractivity contribution in [3.8, 4) is 0 Å². The summed E-state index contributed by atoms with van der Waals surface area (Å²) in [5, 5.41) is 6.22. The zero-order chi connectivity index (χ0) is 19.0. The number of nitrogens with one attached hydrogen (secondary N) is 2. The maximum absolute atomic E-state index is 12.5. The van der Waals surface area contributed by atoms with Crippen LogP contribution in [0.5, 0.6) is 0 Å². The Bertz CT molecular complexity index is 716. The van der Waals surface area contributed by atoms with E-state index in [-0.39, 0.29) is 17.4 Å². The molecule has 4 N–H and O–H groups in total. The number of hydrogen-bond acceptors (Lipinski definition) is 5. The molecule has 1 aromatic rings. The Morgan fingerprint density at radius 1 is 1.52 bits per heavy atom. The van der Waals surface area contributed by atoms with Crippen LogP contribution in [0.25, 0.3) is 0 Å². The van der Waals surface area contributed by atoms with Gasteiger partial charge in [-0.25, -0.2) is 18.8 Å². The third-order valence-electron chi connectivity index (χ3n) is 3.03. The lowest BCUT2D eigenvalue weighted by atomic mass is 10.2. The van der Waals surface area contributed by atoms with E-state index >= 15 is 0 Å². The molecule has 9 heteroatoms. The van der Waals surface area contributed by atoms with Crippen molar-refractivity contribution >= 4 is 32.0 Å². The average molecular weight is 369 g/mol. The first-order valence-electron chi connectivity index (χ1n) is 7.53. The van der Waals surface area contributed by atoms with Gasteiger partial charge in [-0.2, -0.15) is 0 Å². The van der Waals surface area contributed by atoms with Crippen LogP contribution in [0, 0.1) is 0 Å². The SMILES string of the molecule is CC/C=C(/C=C(N)\N=C(/C)C(F)F)Nc1cc(P)c(C(=O)NC)cn1. The molecular weight excluding hydrogens is 347 g/mol. The Kier molecular flexibility index (Phi) is 8.15. The Balaban J connectivity index is 3.03. The molecule has 0 saturated heterocycles. The summed E-state index contributed by atoms with van der Waals surface area (Å²) in [6, 6.07) is 1.68. The molecule has 1 aromatic heterocycles. The van der Waals surface area contributed by atoms with Gasteiger partial charge in [0, 0.05) is 25.0 Å². The van der Waals surface area contributed by atoms with Gasteiger partial charge in [0.25, 0.3) is 12.3 Å². The van der Waals surface area contributed by atoms with Crippen LogP contribution in [0.2, 0.25) is 0 Å². The van der Waals surface area contributed by atoms with E-state index in [9.17, 15) is 13.6 Å². The molecule has 0 aliphatic carbocycles. The quantitative estimate of drug-likeness (QED) is 0.390. The maximum atomic E-state index is 12.5. The number of hydrogen-bond donors (Lipinski definition) is 3. The number of carbonyl (C=O) groups excluding carboxylic acids is 1. The van der Waals surface area contributed by atoms with Crippen LogP contribution in [0.4, 0.5) is 14.6 Å². The monoisotopic (exact) mass is 369 g/mol. The molecule has 1 rings (SSSR count). The predicted molar refractivity (Wildman–Crippen MR) is 100 cm³/mol.